The minimum absolute atomic E-state index is 0.0191. The van der Waals surface area contributed by atoms with E-state index in [-0.39, 0.29) is 11.4 Å². The minimum Gasteiger partial charge on any atom is -0.347 e. The van der Waals surface area contributed by atoms with Crippen molar-refractivity contribution in [2.45, 2.75) is 45.3 Å². The summed E-state index contributed by atoms with van der Waals surface area (Å²) in [6.07, 6.45) is 1.90. The van der Waals surface area contributed by atoms with Gasteiger partial charge >= 0.3 is 0 Å². The molecule has 0 radical (unpaired) electrons. The highest BCUT2D eigenvalue weighted by Crippen LogP contribution is 2.20. The summed E-state index contributed by atoms with van der Waals surface area (Å²) in [5.41, 5.74) is 5.78. The molecule has 154 valence electrons. The third-order valence-corrected chi connectivity index (χ3v) is 5.77. The molecule has 0 unspecified atom stereocenters. The molecule has 3 nitrogen and oxygen atoms in total. The molecule has 0 saturated carbocycles. The highest BCUT2D eigenvalue weighted by Gasteiger charge is 2.22. The number of nitrogens with zero attached hydrogens (tertiary/aromatic N) is 1. The van der Waals surface area contributed by atoms with Crippen LogP contribution < -0.4 is 5.32 Å². The summed E-state index contributed by atoms with van der Waals surface area (Å²) in [4.78, 5) is 15.2. The molecule has 1 aliphatic rings. The Morgan fingerprint density at radius 3 is 2.27 bits per heavy atom. The van der Waals surface area contributed by atoms with Crippen LogP contribution in [0.4, 0.5) is 0 Å². The molecule has 0 aliphatic carbocycles. The van der Waals surface area contributed by atoms with Crippen LogP contribution in [0.25, 0.3) is 0 Å². The standard InChI is InChI=1S/C27H30N2O/c1-27(2,18-21-8-4-3-5-9-21)28-26(30)24-14-12-22(13-15-24)19-29-17-16-23-10-6-7-11-25(23)20-29/h3-15H,16-20H2,1-2H3,(H,28,30). The molecular formula is C27H30N2O. The quantitative estimate of drug-likeness (QED) is 0.634. The molecule has 3 aromatic rings. The van der Waals surface area contributed by atoms with Gasteiger partial charge in [0, 0.05) is 30.7 Å². The molecule has 3 aromatic carbocycles. The van der Waals surface area contributed by atoms with Crippen LogP contribution >= 0.6 is 0 Å². The maximum atomic E-state index is 12.8. The SMILES string of the molecule is CC(C)(Cc1ccccc1)NC(=O)c1ccc(CN2CCc3ccccc3C2)cc1. The number of hydrogen-bond acceptors (Lipinski definition) is 2. The number of nitrogens with one attached hydrogen (secondary N) is 1. The second-order valence-corrected chi connectivity index (χ2v) is 8.93. The summed E-state index contributed by atoms with van der Waals surface area (Å²) < 4.78 is 0. The smallest absolute Gasteiger partial charge is 0.251 e. The summed E-state index contributed by atoms with van der Waals surface area (Å²) in [6, 6.07) is 27.0. The highest BCUT2D eigenvalue weighted by molar-refractivity contribution is 5.94. The molecule has 30 heavy (non-hydrogen) atoms. The monoisotopic (exact) mass is 398 g/mol. The molecule has 0 aromatic heterocycles. The van der Waals surface area contributed by atoms with E-state index in [0.717, 1.165) is 32.5 Å². The topological polar surface area (TPSA) is 32.3 Å². The van der Waals surface area contributed by atoms with E-state index in [9.17, 15) is 4.79 Å². The lowest BCUT2D eigenvalue weighted by Crippen LogP contribution is -2.45. The summed E-state index contributed by atoms with van der Waals surface area (Å²) >= 11 is 0. The molecule has 0 fully saturated rings. The normalized spacial score (nSPS) is 14.2. The Morgan fingerprint density at radius 1 is 0.867 bits per heavy atom. The number of carbonyl (C=O) groups is 1. The van der Waals surface area contributed by atoms with E-state index in [0.29, 0.717) is 5.56 Å². The number of fused-ring (bicyclic) bond motifs is 1. The fraction of sp³-hybridized carbons (Fsp3) is 0.296. The van der Waals surface area contributed by atoms with E-state index in [2.05, 4.69) is 72.6 Å². The first-order valence-electron chi connectivity index (χ1n) is 10.7. The largest absolute Gasteiger partial charge is 0.347 e. The first-order valence-corrected chi connectivity index (χ1v) is 10.7. The van der Waals surface area contributed by atoms with Crippen molar-refractivity contribution in [3.05, 3.63) is 107 Å². The lowest BCUT2D eigenvalue weighted by molar-refractivity contribution is 0.0913. The summed E-state index contributed by atoms with van der Waals surface area (Å²) in [5.74, 6) is -0.0191. The van der Waals surface area contributed by atoms with Crippen LogP contribution in [0.15, 0.2) is 78.9 Å². The van der Waals surface area contributed by atoms with Gasteiger partial charge in [0.2, 0.25) is 0 Å². The van der Waals surface area contributed by atoms with Gasteiger partial charge in [-0.3, -0.25) is 9.69 Å². The average molecular weight is 399 g/mol. The third kappa shape index (κ3) is 5.17. The van der Waals surface area contributed by atoms with Crippen LogP contribution in [0.3, 0.4) is 0 Å². The zero-order valence-corrected chi connectivity index (χ0v) is 17.9. The van der Waals surface area contributed by atoms with Crippen LogP contribution in [0, 0.1) is 0 Å². The maximum absolute atomic E-state index is 12.8. The van der Waals surface area contributed by atoms with E-state index >= 15 is 0 Å². The van der Waals surface area contributed by atoms with Gasteiger partial charge in [-0.05, 0) is 61.1 Å². The molecular weight excluding hydrogens is 368 g/mol. The van der Waals surface area contributed by atoms with Crippen LogP contribution in [-0.4, -0.2) is 22.9 Å². The minimum atomic E-state index is -0.307. The van der Waals surface area contributed by atoms with Crippen molar-refractivity contribution in [2.24, 2.45) is 0 Å². The first-order chi connectivity index (χ1) is 14.5. The molecule has 1 N–H and O–H groups in total. The van der Waals surface area contributed by atoms with Crippen molar-refractivity contribution >= 4 is 5.91 Å². The fourth-order valence-electron chi connectivity index (χ4n) is 4.24. The van der Waals surface area contributed by atoms with Crippen LogP contribution in [-0.2, 0) is 25.9 Å². The Hall–Kier alpha value is -2.91. The summed E-state index contributed by atoms with van der Waals surface area (Å²) in [5, 5.41) is 3.18. The van der Waals surface area contributed by atoms with Gasteiger partial charge in [0.25, 0.3) is 5.91 Å². The van der Waals surface area contributed by atoms with Gasteiger partial charge in [-0.25, -0.2) is 0 Å². The van der Waals surface area contributed by atoms with E-state index in [1.54, 1.807) is 0 Å². The molecule has 1 aliphatic heterocycles. The number of rotatable bonds is 6. The molecule has 1 heterocycles. The van der Waals surface area contributed by atoms with Gasteiger partial charge in [-0.1, -0.05) is 66.7 Å². The van der Waals surface area contributed by atoms with E-state index in [4.69, 9.17) is 0 Å². The highest BCUT2D eigenvalue weighted by atomic mass is 16.1. The maximum Gasteiger partial charge on any atom is 0.251 e. The van der Waals surface area contributed by atoms with Crippen LogP contribution in [0.1, 0.15) is 46.5 Å². The Kier molecular flexibility index (Phi) is 6.01. The zero-order valence-electron chi connectivity index (χ0n) is 17.9. The Balaban J connectivity index is 1.34. The Morgan fingerprint density at radius 2 is 1.53 bits per heavy atom. The second kappa shape index (κ2) is 8.85. The van der Waals surface area contributed by atoms with Gasteiger partial charge in [-0.2, -0.15) is 0 Å². The van der Waals surface area contributed by atoms with Crippen molar-refractivity contribution in [1.82, 2.24) is 10.2 Å². The van der Waals surface area contributed by atoms with E-state index < -0.39 is 0 Å². The zero-order chi connectivity index (χ0) is 21.0. The predicted molar refractivity (Wildman–Crippen MR) is 122 cm³/mol. The van der Waals surface area contributed by atoms with Gasteiger partial charge in [0.05, 0.1) is 0 Å². The lowest BCUT2D eigenvalue weighted by atomic mass is 9.94. The number of hydrogen-bond donors (Lipinski definition) is 1. The van der Waals surface area contributed by atoms with Gasteiger partial charge in [-0.15, -0.1) is 0 Å². The van der Waals surface area contributed by atoms with Crippen molar-refractivity contribution in [2.75, 3.05) is 6.54 Å². The van der Waals surface area contributed by atoms with Crippen molar-refractivity contribution in [3.63, 3.8) is 0 Å². The Bertz CT molecular complexity index is 993. The number of carbonyl (C=O) groups excluding carboxylic acids is 1. The van der Waals surface area contributed by atoms with Gasteiger partial charge in [0.15, 0.2) is 0 Å². The van der Waals surface area contributed by atoms with Crippen molar-refractivity contribution in [3.8, 4) is 0 Å². The van der Waals surface area contributed by atoms with Gasteiger partial charge in [0.1, 0.15) is 0 Å². The molecule has 0 atom stereocenters. The average Bonchev–Trinajstić information content (AvgIpc) is 2.74. The fourth-order valence-corrected chi connectivity index (χ4v) is 4.24. The summed E-state index contributed by atoms with van der Waals surface area (Å²) in [6.45, 7) is 7.12. The molecule has 4 rings (SSSR count). The number of benzene rings is 3. The van der Waals surface area contributed by atoms with Crippen LogP contribution in [0.2, 0.25) is 0 Å². The summed E-state index contributed by atoms with van der Waals surface area (Å²) in [7, 11) is 0. The number of amides is 1. The first kappa shape index (κ1) is 20.4. The van der Waals surface area contributed by atoms with E-state index in [1.807, 2.05) is 30.3 Å². The second-order valence-electron chi connectivity index (χ2n) is 8.93. The van der Waals surface area contributed by atoms with Crippen LogP contribution in [0.5, 0.6) is 0 Å². The predicted octanol–water partition coefficient (Wildman–Crippen LogP) is 5.00. The third-order valence-electron chi connectivity index (χ3n) is 5.77. The molecule has 1 amide bonds. The molecule has 0 bridgehead atoms. The molecule has 0 spiro atoms. The van der Waals surface area contributed by atoms with Crippen molar-refractivity contribution < 1.29 is 4.79 Å². The van der Waals surface area contributed by atoms with E-state index in [1.165, 1.54) is 22.3 Å². The van der Waals surface area contributed by atoms with Crippen molar-refractivity contribution in [1.29, 1.82) is 0 Å². The van der Waals surface area contributed by atoms with Gasteiger partial charge < -0.3 is 5.32 Å². The Labute approximate surface area is 179 Å². The lowest BCUT2D eigenvalue weighted by Gasteiger charge is -2.29. The molecule has 0 saturated heterocycles. The molecule has 3 heteroatoms.